The number of carboxylic acid groups (broad SMARTS) is 1. The van der Waals surface area contributed by atoms with Crippen molar-refractivity contribution in [1.82, 2.24) is 4.98 Å². The van der Waals surface area contributed by atoms with Gasteiger partial charge in [0.1, 0.15) is 0 Å². The van der Waals surface area contributed by atoms with Gasteiger partial charge in [-0.3, -0.25) is 0 Å². The molecule has 0 spiro atoms. The van der Waals surface area contributed by atoms with Crippen molar-refractivity contribution < 1.29 is 14.6 Å². The predicted octanol–water partition coefficient (Wildman–Crippen LogP) is 1.98. The van der Waals surface area contributed by atoms with Crippen LogP contribution in [0.2, 0.25) is 0 Å². The molecule has 20 heavy (non-hydrogen) atoms. The summed E-state index contributed by atoms with van der Waals surface area (Å²) in [7, 11) is 1.55. The maximum absolute atomic E-state index is 11.1. The summed E-state index contributed by atoms with van der Waals surface area (Å²) in [5.41, 5.74) is 7.65. The minimum Gasteiger partial charge on any atom is -0.481 e. The second-order valence-corrected chi connectivity index (χ2v) is 4.14. The number of pyridine rings is 1. The van der Waals surface area contributed by atoms with Crippen molar-refractivity contribution in [3.8, 4) is 5.88 Å². The highest BCUT2D eigenvalue weighted by molar-refractivity contribution is 5.97. The highest BCUT2D eigenvalue weighted by Gasteiger charge is 2.12. The Kier molecular flexibility index (Phi) is 4.05. The number of para-hydroxylation sites is 1. The molecular formula is C14H15N3O3. The quantitative estimate of drug-likeness (QED) is 0.721. The van der Waals surface area contributed by atoms with Crippen LogP contribution in [-0.2, 0) is 6.54 Å². The summed E-state index contributed by atoms with van der Waals surface area (Å²) >= 11 is 0. The first-order valence-electron chi connectivity index (χ1n) is 5.96. The first-order chi connectivity index (χ1) is 9.61. The number of nitrogens with zero attached hydrogens (tertiary/aromatic N) is 1. The normalized spacial score (nSPS) is 10.1. The number of ether oxygens (including phenoxy) is 1. The van der Waals surface area contributed by atoms with E-state index in [1.165, 1.54) is 6.07 Å². The van der Waals surface area contributed by atoms with Crippen LogP contribution < -0.4 is 15.8 Å². The first-order valence-corrected chi connectivity index (χ1v) is 5.96. The largest absolute Gasteiger partial charge is 0.481 e. The minimum absolute atomic E-state index is 0.145. The van der Waals surface area contributed by atoms with Crippen molar-refractivity contribution in [1.29, 1.82) is 0 Å². The number of aromatic nitrogens is 1. The van der Waals surface area contributed by atoms with Gasteiger partial charge >= 0.3 is 5.97 Å². The molecule has 1 heterocycles. The molecule has 0 amide bonds. The maximum Gasteiger partial charge on any atom is 0.337 e. The Hall–Kier alpha value is -2.76. The number of rotatable bonds is 5. The number of carboxylic acids is 1. The average molecular weight is 273 g/mol. The van der Waals surface area contributed by atoms with Crippen molar-refractivity contribution >= 4 is 17.3 Å². The lowest BCUT2D eigenvalue weighted by molar-refractivity contribution is 0.0698. The van der Waals surface area contributed by atoms with Gasteiger partial charge in [0.2, 0.25) is 5.88 Å². The van der Waals surface area contributed by atoms with E-state index in [0.717, 1.165) is 5.56 Å². The molecule has 0 bridgehead atoms. The van der Waals surface area contributed by atoms with E-state index < -0.39 is 5.97 Å². The van der Waals surface area contributed by atoms with E-state index in [-0.39, 0.29) is 5.56 Å². The van der Waals surface area contributed by atoms with E-state index >= 15 is 0 Å². The van der Waals surface area contributed by atoms with Crippen molar-refractivity contribution in [2.75, 3.05) is 18.2 Å². The number of aromatic carboxylic acids is 1. The number of nitrogens with one attached hydrogen (secondary N) is 1. The van der Waals surface area contributed by atoms with Crippen LogP contribution >= 0.6 is 0 Å². The molecule has 0 fully saturated rings. The predicted molar refractivity (Wildman–Crippen MR) is 75.9 cm³/mol. The zero-order valence-corrected chi connectivity index (χ0v) is 11.0. The van der Waals surface area contributed by atoms with Gasteiger partial charge in [-0.2, -0.15) is 0 Å². The summed E-state index contributed by atoms with van der Waals surface area (Å²) in [6, 6.07) is 8.36. The number of nitrogens with two attached hydrogens (primary N) is 1. The van der Waals surface area contributed by atoms with Crippen molar-refractivity contribution in [2.24, 2.45) is 0 Å². The van der Waals surface area contributed by atoms with Crippen molar-refractivity contribution in [3.63, 3.8) is 0 Å². The highest BCUT2D eigenvalue weighted by atomic mass is 16.5. The van der Waals surface area contributed by atoms with Crippen LogP contribution in [-0.4, -0.2) is 23.2 Å². The van der Waals surface area contributed by atoms with Crippen LogP contribution in [0.4, 0.5) is 11.4 Å². The van der Waals surface area contributed by atoms with Gasteiger partial charge in [0.25, 0.3) is 0 Å². The topological polar surface area (TPSA) is 97.5 Å². The van der Waals surface area contributed by atoms with E-state index in [0.29, 0.717) is 23.8 Å². The fraction of sp³-hybridized carbons (Fsp3) is 0.143. The van der Waals surface area contributed by atoms with E-state index in [1.807, 2.05) is 6.07 Å². The molecule has 0 atom stereocenters. The number of carbonyl (C=O) groups is 1. The Balaban J connectivity index is 2.16. The summed E-state index contributed by atoms with van der Waals surface area (Å²) in [4.78, 5) is 15.2. The minimum atomic E-state index is -1.02. The number of hydrogen-bond donors (Lipinski definition) is 3. The molecule has 2 rings (SSSR count). The summed E-state index contributed by atoms with van der Waals surface area (Å²) in [6.07, 6.45) is 1.66. The fourth-order valence-corrected chi connectivity index (χ4v) is 1.77. The van der Waals surface area contributed by atoms with E-state index in [9.17, 15) is 4.79 Å². The van der Waals surface area contributed by atoms with Crippen LogP contribution in [0.15, 0.2) is 36.5 Å². The van der Waals surface area contributed by atoms with Crippen LogP contribution in [0.1, 0.15) is 15.9 Å². The van der Waals surface area contributed by atoms with E-state index in [1.54, 1.807) is 31.5 Å². The molecule has 6 nitrogen and oxygen atoms in total. The van der Waals surface area contributed by atoms with Crippen LogP contribution in [0.25, 0.3) is 0 Å². The molecule has 0 saturated heterocycles. The van der Waals surface area contributed by atoms with Crippen molar-refractivity contribution in [2.45, 2.75) is 6.54 Å². The molecule has 6 heteroatoms. The molecule has 1 aromatic carbocycles. The second kappa shape index (κ2) is 5.92. The number of methoxy groups -OCH3 is 1. The number of nitrogen functional groups attached to an aromatic ring is 1. The van der Waals surface area contributed by atoms with Gasteiger partial charge in [0, 0.05) is 18.8 Å². The van der Waals surface area contributed by atoms with Crippen molar-refractivity contribution in [3.05, 3.63) is 47.7 Å². The van der Waals surface area contributed by atoms with E-state index in [4.69, 9.17) is 15.6 Å². The molecule has 0 aliphatic rings. The second-order valence-electron chi connectivity index (χ2n) is 4.14. The van der Waals surface area contributed by atoms with Gasteiger partial charge in [-0.15, -0.1) is 0 Å². The number of anilines is 2. The lowest BCUT2D eigenvalue weighted by Crippen LogP contribution is -2.09. The summed E-state index contributed by atoms with van der Waals surface area (Å²) in [5, 5.41) is 12.2. The zero-order valence-electron chi connectivity index (χ0n) is 11.0. The third-order valence-corrected chi connectivity index (χ3v) is 2.80. The molecular weight excluding hydrogens is 258 g/mol. The number of hydrogen-bond acceptors (Lipinski definition) is 5. The van der Waals surface area contributed by atoms with Crippen LogP contribution in [0, 0.1) is 0 Å². The van der Waals surface area contributed by atoms with Gasteiger partial charge in [-0.1, -0.05) is 12.1 Å². The lowest BCUT2D eigenvalue weighted by atomic mass is 10.1. The molecule has 2 aromatic rings. The maximum atomic E-state index is 11.1. The number of benzene rings is 1. The molecule has 0 radical (unpaired) electrons. The average Bonchev–Trinajstić information content (AvgIpc) is 2.46. The van der Waals surface area contributed by atoms with Gasteiger partial charge in [0.05, 0.1) is 24.0 Å². The Morgan fingerprint density at radius 3 is 2.80 bits per heavy atom. The third kappa shape index (κ3) is 2.97. The van der Waals surface area contributed by atoms with Crippen LogP contribution in [0.5, 0.6) is 5.88 Å². The summed E-state index contributed by atoms with van der Waals surface area (Å²) in [6.45, 7) is 0.422. The molecule has 4 N–H and O–H groups in total. The van der Waals surface area contributed by atoms with Crippen LogP contribution in [0.3, 0.4) is 0 Å². The fourth-order valence-electron chi connectivity index (χ4n) is 1.77. The molecule has 0 aliphatic carbocycles. The zero-order chi connectivity index (χ0) is 14.5. The van der Waals surface area contributed by atoms with Gasteiger partial charge in [0.15, 0.2) is 0 Å². The van der Waals surface area contributed by atoms with Gasteiger partial charge < -0.3 is 20.9 Å². The Morgan fingerprint density at radius 1 is 1.40 bits per heavy atom. The summed E-state index contributed by atoms with van der Waals surface area (Å²) in [5.74, 6) is -0.494. The van der Waals surface area contributed by atoms with E-state index in [2.05, 4.69) is 10.3 Å². The molecule has 0 aliphatic heterocycles. The third-order valence-electron chi connectivity index (χ3n) is 2.80. The lowest BCUT2D eigenvalue weighted by Gasteiger charge is -2.12. The first kappa shape index (κ1) is 13.7. The Morgan fingerprint density at radius 2 is 2.20 bits per heavy atom. The van der Waals surface area contributed by atoms with Gasteiger partial charge in [-0.05, 0) is 17.7 Å². The molecule has 104 valence electrons. The monoisotopic (exact) mass is 273 g/mol. The smallest absolute Gasteiger partial charge is 0.337 e. The standard InChI is InChI=1S/C14H15N3O3/c1-20-12-6-5-9(7-16-12)8-17-13-10(14(18)19)3-2-4-11(13)15/h2-7,17H,8,15H2,1H3,(H,18,19). The molecule has 1 aromatic heterocycles. The highest BCUT2D eigenvalue weighted by Crippen LogP contribution is 2.24. The van der Waals surface area contributed by atoms with Gasteiger partial charge in [-0.25, -0.2) is 9.78 Å². The molecule has 0 unspecified atom stereocenters. The Labute approximate surface area is 116 Å². The SMILES string of the molecule is COc1ccc(CNc2c(N)cccc2C(=O)O)cn1. The molecule has 0 saturated carbocycles. The summed E-state index contributed by atoms with van der Waals surface area (Å²) < 4.78 is 4.97. The Bertz CT molecular complexity index is 612.